The minimum Gasteiger partial charge on any atom is -0.507 e. The van der Waals surface area contributed by atoms with Crippen LogP contribution in [0, 0.1) is 30.6 Å². The lowest BCUT2D eigenvalue weighted by Gasteiger charge is -2.49. The van der Waals surface area contributed by atoms with Crippen LogP contribution in [0.25, 0.3) is 0 Å². The highest BCUT2D eigenvalue weighted by atomic mass is 16.7. The van der Waals surface area contributed by atoms with Gasteiger partial charge in [-0.1, -0.05) is 34.6 Å². The second-order valence-electron chi connectivity index (χ2n) is 19.7. The zero-order chi connectivity index (χ0) is 44.5. The van der Waals surface area contributed by atoms with Crippen LogP contribution in [0.4, 0.5) is 0 Å². The number of benzene rings is 1. The van der Waals surface area contributed by atoms with E-state index < -0.39 is 88.2 Å². The van der Waals surface area contributed by atoms with Gasteiger partial charge in [0.15, 0.2) is 11.4 Å². The Morgan fingerprint density at radius 2 is 1.67 bits per heavy atom. The fourth-order valence-electron chi connectivity index (χ4n) is 11.4. The second-order valence-corrected chi connectivity index (χ2v) is 19.7. The number of aryl methyl sites for hydroxylation is 1. The van der Waals surface area contributed by atoms with Gasteiger partial charge in [0.05, 0.1) is 66.6 Å². The van der Waals surface area contributed by atoms with Gasteiger partial charge in [-0.05, 0) is 83.8 Å². The molecule has 1 spiro atoms. The van der Waals surface area contributed by atoms with Gasteiger partial charge in [-0.15, -0.1) is 0 Å². The van der Waals surface area contributed by atoms with E-state index in [-0.39, 0.29) is 48.2 Å². The van der Waals surface area contributed by atoms with Crippen LogP contribution in [0.2, 0.25) is 0 Å². The Kier molecular flexibility index (Phi) is 13.2. The first-order chi connectivity index (χ1) is 27.9. The summed E-state index contributed by atoms with van der Waals surface area (Å²) < 4.78 is 51.4. The van der Waals surface area contributed by atoms with Crippen LogP contribution in [0.1, 0.15) is 123 Å². The monoisotopic (exact) mass is 850 g/mol. The molecule has 5 fully saturated rings. The van der Waals surface area contributed by atoms with Gasteiger partial charge in [0.1, 0.15) is 29.3 Å². The molecule has 15 nitrogen and oxygen atoms in total. The number of aromatic hydroxyl groups is 1. The third-order valence-corrected chi connectivity index (χ3v) is 14.8. The van der Waals surface area contributed by atoms with Crippen LogP contribution < -0.4 is 4.74 Å². The molecule has 0 aromatic heterocycles. The number of rotatable bonds is 13. The molecular weight excluding hydrogens is 780 g/mol. The maximum Gasteiger partial charge on any atom is 0.342 e. The minimum atomic E-state index is -2.60. The number of ether oxygens (including phenoxy) is 8. The second kappa shape index (κ2) is 16.8. The number of carboxylic acids is 1. The number of aliphatic hydroxyl groups is 3. The maximum absolute atomic E-state index is 13.7. The van der Waals surface area contributed by atoms with E-state index >= 15 is 0 Å². The van der Waals surface area contributed by atoms with Crippen molar-refractivity contribution in [2.24, 2.45) is 23.7 Å². The van der Waals surface area contributed by atoms with Crippen molar-refractivity contribution in [1.29, 1.82) is 0 Å². The van der Waals surface area contributed by atoms with Gasteiger partial charge < -0.3 is 63.4 Å². The molecule has 0 radical (unpaired) electrons. The summed E-state index contributed by atoms with van der Waals surface area (Å²) in [7, 11) is 3.06. The third kappa shape index (κ3) is 8.32. The summed E-state index contributed by atoms with van der Waals surface area (Å²) in [5.41, 5.74) is -4.81. The molecular formula is C45H70O15. The summed E-state index contributed by atoms with van der Waals surface area (Å²) in [6.45, 7) is 18.3. The molecule has 5 heterocycles. The van der Waals surface area contributed by atoms with Crippen LogP contribution >= 0.6 is 0 Å². The lowest BCUT2D eigenvalue weighted by atomic mass is 9.77. The molecule has 0 bridgehead atoms. The highest BCUT2D eigenvalue weighted by molar-refractivity contribution is 5.95. The molecule has 18 atom stereocenters. The van der Waals surface area contributed by atoms with E-state index in [0.717, 1.165) is 19.8 Å². The van der Waals surface area contributed by atoms with E-state index in [4.69, 9.17) is 37.9 Å². The Morgan fingerprint density at radius 3 is 2.27 bits per heavy atom. The quantitative estimate of drug-likeness (QED) is 0.164. The number of carbonyl (C=O) groups excluding carboxylic acids is 1. The third-order valence-electron chi connectivity index (χ3n) is 14.8. The molecule has 0 saturated carbocycles. The predicted octanol–water partition coefficient (Wildman–Crippen LogP) is 5.07. The maximum atomic E-state index is 13.7. The molecule has 5 N–H and O–H groups in total. The summed E-state index contributed by atoms with van der Waals surface area (Å²) in [4.78, 5) is 26.2. The smallest absolute Gasteiger partial charge is 0.342 e. The lowest BCUT2D eigenvalue weighted by Crippen LogP contribution is -2.60. The fourth-order valence-corrected chi connectivity index (χ4v) is 11.4. The summed E-state index contributed by atoms with van der Waals surface area (Å²) in [6, 6.07) is 2.76. The SMILES string of the molecule is CC[C@@H](O)[C@]1(C)C[C@H](C)[C@@H]([C@H]2C[C@H](C)[C@H]([C@]3(C)C[C@@H](OC)[C@H]([C@]4(C)CC[C@]5(C[C@H](O)[C@@H](C)[C@@H]([C@@H](C)[C@@H](OC(=O)c6c(C)cc(OC)cc6O)[C@@](C)(O)C(=O)O)O5)O4)O3)O2)O1. The largest absolute Gasteiger partial charge is 0.507 e. The number of aliphatic carboxylic acids is 1. The summed E-state index contributed by atoms with van der Waals surface area (Å²) in [5, 5.41) is 54.7. The first kappa shape index (κ1) is 46.9. The van der Waals surface area contributed by atoms with Gasteiger partial charge in [-0.25, -0.2) is 9.59 Å². The number of hydrogen-bond acceptors (Lipinski definition) is 14. The Labute approximate surface area is 354 Å². The van der Waals surface area contributed by atoms with Crippen molar-refractivity contribution < 1.29 is 73.0 Å². The van der Waals surface area contributed by atoms with Gasteiger partial charge in [0.25, 0.3) is 0 Å². The standard InChI is InChI=1S/C45H70O15/c1-13-32(48)42(8)19-24(4)34(57-42)30-17-23(3)36(55-30)43(9)21-31(54-12)38(59-43)41(7)14-15-45(60-41)20-29(47)25(5)35(58-45)26(6)37(44(10,52)40(50)51)56-39(49)33-22(2)16-27(53-11)18-28(33)46/h16,18,23-26,29-32,34-38,46-48,52H,13-15,17,19-21H2,1-12H3,(H,50,51)/t23-,24-,25+,26+,29-,30+,31+,32+,34-,35-,36+,37+,38+,41-,42-,43-,44+,45+/m0/s1. The highest BCUT2D eigenvalue weighted by Gasteiger charge is 2.65. The fraction of sp³-hybridized carbons (Fsp3) is 0.822. The van der Waals surface area contributed by atoms with Crippen molar-refractivity contribution in [2.45, 2.75) is 197 Å². The molecule has 5 aliphatic rings. The first-order valence-electron chi connectivity index (χ1n) is 21.7. The van der Waals surface area contributed by atoms with Crippen molar-refractivity contribution in [3.05, 3.63) is 23.3 Å². The van der Waals surface area contributed by atoms with E-state index in [1.54, 1.807) is 27.9 Å². The molecule has 60 heavy (non-hydrogen) atoms. The van der Waals surface area contributed by atoms with Crippen molar-refractivity contribution in [1.82, 2.24) is 0 Å². The molecule has 5 saturated heterocycles. The Balaban J connectivity index is 1.20. The van der Waals surface area contributed by atoms with E-state index in [1.807, 2.05) is 20.8 Å². The molecule has 5 aliphatic heterocycles. The number of carboxylic acid groups (broad SMARTS) is 1. The normalized spacial score (nSPS) is 43.1. The Morgan fingerprint density at radius 1 is 0.983 bits per heavy atom. The van der Waals surface area contributed by atoms with Gasteiger partial charge in [0.2, 0.25) is 0 Å². The van der Waals surface area contributed by atoms with Crippen molar-refractivity contribution in [3.63, 3.8) is 0 Å². The van der Waals surface area contributed by atoms with Crippen LogP contribution in [0.3, 0.4) is 0 Å². The molecule has 6 rings (SSSR count). The lowest BCUT2D eigenvalue weighted by molar-refractivity contribution is -0.338. The Bertz CT molecular complexity index is 1710. The van der Waals surface area contributed by atoms with Gasteiger partial charge in [-0.3, -0.25) is 0 Å². The number of esters is 1. The molecule has 1 aromatic carbocycles. The van der Waals surface area contributed by atoms with Crippen LogP contribution in [-0.4, -0.2) is 135 Å². The Hall–Kier alpha value is -2.60. The molecule has 15 heteroatoms. The average Bonchev–Trinajstić information content (AvgIpc) is 3.93. The zero-order valence-electron chi connectivity index (χ0n) is 37.4. The molecule has 0 amide bonds. The predicted molar refractivity (Wildman–Crippen MR) is 217 cm³/mol. The summed E-state index contributed by atoms with van der Waals surface area (Å²) in [6.07, 6.45) is -2.06. The van der Waals surface area contributed by atoms with Gasteiger partial charge in [-0.2, -0.15) is 0 Å². The van der Waals surface area contributed by atoms with E-state index in [0.29, 0.717) is 37.0 Å². The molecule has 340 valence electrons. The van der Waals surface area contributed by atoms with Gasteiger partial charge >= 0.3 is 11.9 Å². The average molecular weight is 851 g/mol. The highest BCUT2D eigenvalue weighted by Crippen LogP contribution is 2.55. The number of carbonyl (C=O) groups is 2. The van der Waals surface area contributed by atoms with Crippen molar-refractivity contribution >= 4 is 11.9 Å². The molecule has 0 unspecified atom stereocenters. The minimum absolute atomic E-state index is 0.114. The van der Waals surface area contributed by atoms with E-state index in [1.165, 1.54) is 19.2 Å². The van der Waals surface area contributed by atoms with Crippen LogP contribution in [0.15, 0.2) is 12.1 Å². The van der Waals surface area contributed by atoms with E-state index in [2.05, 4.69) is 20.8 Å². The van der Waals surface area contributed by atoms with Crippen LogP contribution in [0.5, 0.6) is 11.5 Å². The van der Waals surface area contributed by atoms with Crippen LogP contribution in [-0.2, 0) is 38.0 Å². The molecule has 1 aromatic rings. The van der Waals surface area contributed by atoms with Crippen molar-refractivity contribution in [3.8, 4) is 11.5 Å². The summed E-state index contributed by atoms with van der Waals surface area (Å²) >= 11 is 0. The van der Waals surface area contributed by atoms with Gasteiger partial charge in [0, 0.05) is 44.3 Å². The number of phenols is 1. The van der Waals surface area contributed by atoms with E-state index in [9.17, 15) is 35.1 Å². The number of methoxy groups -OCH3 is 2. The number of hydrogen-bond donors (Lipinski definition) is 5. The zero-order valence-corrected chi connectivity index (χ0v) is 37.4. The van der Waals surface area contributed by atoms with Crippen molar-refractivity contribution in [2.75, 3.05) is 14.2 Å². The summed E-state index contributed by atoms with van der Waals surface area (Å²) in [5.74, 6) is -5.40. The molecule has 0 aliphatic carbocycles. The topological polar surface area (TPSA) is 209 Å². The number of aliphatic hydroxyl groups excluding tert-OH is 2. The first-order valence-corrected chi connectivity index (χ1v) is 21.7. The number of phenolic OH excluding ortho intramolecular Hbond substituents is 1.